The van der Waals surface area contributed by atoms with E-state index in [4.69, 9.17) is 14.6 Å². The predicted octanol–water partition coefficient (Wildman–Crippen LogP) is 8.61. The largest absolute Gasteiger partial charge is 0.497 e. The number of allylic oxidation sites excluding steroid dienone is 2. The van der Waals surface area contributed by atoms with Crippen LogP contribution in [-0.2, 0) is 17.8 Å². The fraction of sp³-hybridized carbons (Fsp3) is 0.364. The highest BCUT2D eigenvalue weighted by Crippen LogP contribution is 2.48. The molecule has 3 aromatic carbocycles. The number of ether oxygens (including phenoxy) is 2. The summed E-state index contributed by atoms with van der Waals surface area (Å²) in [6, 6.07) is 14.8. The van der Waals surface area contributed by atoms with Gasteiger partial charge in [0.25, 0.3) is 0 Å². The Bertz CT molecular complexity index is 1360. The Morgan fingerprint density at radius 1 is 0.923 bits per heavy atom. The summed E-state index contributed by atoms with van der Waals surface area (Å²) in [4.78, 5) is 10.9. The molecular weight excluding hydrogens is 498 g/mol. The van der Waals surface area contributed by atoms with Crippen molar-refractivity contribution in [2.24, 2.45) is 5.41 Å². The molecule has 0 unspecified atom stereocenters. The van der Waals surface area contributed by atoms with E-state index in [2.05, 4.69) is 19.9 Å². The summed E-state index contributed by atoms with van der Waals surface area (Å²) in [7, 11) is 1.49. The molecule has 206 valence electrons. The van der Waals surface area contributed by atoms with Gasteiger partial charge in [-0.05, 0) is 89.4 Å². The second kappa shape index (κ2) is 12.5. The van der Waals surface area contributed by atoms with Gasteiger partial charge in [0.15, 0.2) is 0 Å². The van der Waals surface area contributed by atoms with E-state index >= 15 is 4.39 Å². The molecule has 2 aliphatic carbocycles. The van der Waals surface area contributed by atoms with Gasteiger partial charge in [-0.15, -0.1) is 0 Å². The number of benzene rings is 3. The van der Waals surface area contributed by atoms with Crippen LogP contribution in [0.5, 0.6) is 11.5 Å². The quantitative estimate of drug-likeness (QED) is 0.299. The van der Waals surface area contributed by atoms with Crippen molar-refractivity contribution in [3.05, 3.63) is 89.0 Å². The first kappa shape index (κ1) is 28.3. The molecule has 3 aromatic rings. The standard InChI is InChI=1S/C30H30F2O4.C3H6/c1-30(2)13-5-8-25(30)23-15-20(18-36-22-7-4-6-19(14-22)9-12-28(33)34)16-27(32)29(23)24-17-21(35-3)10-11-26(24)31;1-2-3-1/h4,6-8,10-11,14-17H,5,9,12-13,18H2,1-3H3,(H,33,34);1-3H2. The minimum atomic E-state index is -0.860. The number of carbonyl (C=O) groups is 1. The molecule has 0 aliphatic heterocycles. The Balaban J connectivity index is 0.00000110. The zero-order valence-electron chi connectivity index (χ0n) is 22.9. The minimum Gasteiger partial charge on any atom is -0.497 e. The lowest BCUT2D eigenvalue weighted by Crippen LogP contribution is -2.11. The van der Waals surface area contributed by atoms with Crippen LogP contribution in [0, 0.1) is 17.0 Å². The van der Waals surface area contributed by atoms with Crippen molar-refractivity contribution < 1.29 is 28.2 Å². The maximum atomic E-state index is 15.7. The van der Waals surface area contributed by atoms with Crippen molar-refractivity contribution in [1.29, 1.82) is 0 Å². The number of hydrogen-bond donors (Lipinski definition) is 1. The summed E-state index contributed by atoms with van der Waals surface area (Å²) >= 11 is 0. The third-order valence-corrected chi connectivity index (χ3v) is 7.02. The molecule has 0 aromatic heterocycles. The third-order valence-electron chi connectivity index (χ3n) is 7.02. The van der Waals surface area contributed by atoms with Gasteiger partial charge in [0.2, 0.25) is 0 Å². The Labute approximate surface area is 229 Å². The number of carboxylic acid groups (broad SMARTS) is 1. The summed E-state index contributed by atoms with van der Waals surface area (Å²) in [6.07, 6.45) is 8.83. The van der Waals surface area contributed by atoms with Gasteiger partial charge in [0.1, 0.15) is 29.7 Å². The molecule has 1 N–H and O–H groups in total. The maximum Gasteiger partial charge on any atom is 0.303 e. The summed E-state index contributed by atoms with van der Waals surface area (Å²) in [5.41, 5.74) is 3.29. The second-order valence-electron chi connectivity index (χ2n) is 10.8. The van der Waals surface area contributed by atoms with Crippen LogP contribution in [0.15, 0.2) is 60.7 Å². The minimum absolute atomic E-state index is 0.0330. The molecule has 4 nitrogen and oxygen atoms in total. The smallest absolute Gasteiger partial charge is 0.303 e. The van der Waals surface area contributed by atoms with Crippen LogP contribution in [0.1, 0.15) is 69.1 Å². The van der Waals surface area contributed by atoms with E-state index in [-0.39, 0.29) is 29.6 Å². The average molecular weight is 535 g/mol. The average Bonchev–Trinajstić information content (AvgIpc) is 3.75. The summed E-state index contributed by atoms with van der Waals surface area (Å²) in [6.45, 7) is 4.34. The van der Waals surface area contributed by atoms with Crippen molar-refractivity contribution in [2.45, 2.75) is 65.4 Å². The molecular formula is C33H36F2O4. The van der Waals surface area contributed by atoms with Crippen molar-refractivity contribution in [2.75, 3.05) is 7.11 Å². The number of hydrogen-bond acceptors (Lipinski definition) is 3. The Kier molecular flexibility index (Phi) is 9.05. The molecule has 0 bridgehead atoms. The van der Waals surface area contributed by atoms with Gasteiger partial charge < -0.3 is 14.6 Å². The van der Waals surface area contributed by atoms with Gasteiger partial charge in [-0.1, -0.05) is 51.3 Å². The first-order chi connectivity index (χ1) is 18.7. The number of carboxylic acids is 1. The van der Waals surface area contributed by atoms with E-state index in [0.29, 0.717) is 29.0 Å². The molecule has 6 heteroatoms. The van der Waals surface area contributed by atoms with Crippen molar-refractivity contribution in [1.82, 2.24) is 0 Å². The molecule has 0 heterocycles. The molecule has 0 spiro atoms. The molecule has 0 radical (unpaired) electrons. The molecule has 0 saturated heterocycles. The number of aryl methyl sites for hydroxylation is 1. The van der Waals surface area contributed by atoms with Gasteiger partial charge in [0, 0.05) is 17.5 Å². The Hall–Kier alpha value is -3.67. The fourth-order valence-electron chi connectivity index (χ4n) is 4.73. The molecule has 1 saturated carbocycles. The molecule has 5 rings (SSSR count). The van der Waals surface area contributed by atoms with Crippen LogP contribution < -0.4 is 9.47 Å². The SMILES string of the molecule is C1CC1.COc1ccc(F)c(-c2c(F)cc(COc3cccc(CCC(=O)O)c3)cc2C2=CCCC2(C)C)c1. The molecule has 1 fully saturated rings. The van der Waals surface area contributed by atoms with E-state index < -0.39 is 17.6 Å². The second-order valence-corrected chi connectivity index (χ2v) is 10.8. The molecule has 0 atom stereocenters. The zero-order chi connectivity index (χ0) is 28.0. The predicted molar refractivity (Wildman–Crippen MR) is 150 cm³/mol. The van der Waals surface area contributed by atoms with Gasteiger partial charge >= 0.3 is 5.97 Å². The Morgan fingerprint density at radius 3 is 2.33 bits per heavy atom. The lowest BCUT2D eigenvalue weighted by Gasteiger charge is -2.26. The number of methoxy groups -OCH3 is 1. The lowest BCUT2D eigenvalue weighted by molar-refractivity contribution is -0.136. The normalized spacial score (nSPS) is 15.2. The van der Waals surface area contributed by atoms with E-state index in [9.17, 15) is 9.18 Å². The first-order valence-electron chi connectivity index (χ1n) is 13.5. The monoisotopic (exact) mass is 534 g/mol. The van der Waals surface area contributed by atoms with Gasteiger partial charge in [-0.3, -0.25) is 4.79 Å². The molecule has 39 heavy (non-hydrogen) atoms. The van der Waals surface area contributed by atoms with Crippen LogP contribution in [0.4, 0.5) is 8.78 Å². The summed E-state index contributed by atoms with van der Waals surface area (Å²) in [5.74, 6) is -0.887. The van der Waals surface area contributed by atoms with Crippen LogP contribution in [-0.4, -0.2) is 18.2 Å². The number of rotatable bonds is 9. The highest BCUT2D eigenvalue weighted by Gasteiger charge is 2.31. The zero-order valence-corrected chi connectivity index (χ0v) is 22.9. The summed E-state index contributed by atoms with van der Waals surface area (Å²) < 4.78 is 41.9. The number of halogens is 2. The fourth-order valence-corrected chi connectivity index (χ4v) is 4.73. The first-order valence-corrected chi connectivity index (χ1v) is 13.5. The van der Waals surface area contributed by atoms with Crippen LogP contribution in [0.3, 0.4) is 0 Å². The number of aliphatic carboxylic acids is 1. The molecule has 2 aliphatic rings. The van der Waals surface area contributed by atoms with E-state index in [1.54, 1.807) is 18.2 Å². The van der Waals surface area contributed by atoms with E-state index in [1.165, 1.54) is 50.6 Å². The van der Waals surface area contributed by atoms with E-state index in [0.717, 1.165) is 24.0 Å². The van der Waals surface area contributed by atoms with Crippen molar-refractivity contribution >= 4 is 11.5 Å². The van der Waals surface area contributed by atoms with Crippen LogP contribution >= 0.6 is 0 Å². The topological polar surface area (TPSA) is 55.8 Å². The van der Waals surface area contributed by atoms with Crippen molar-refractivity contribution in [3.8, 4) is 22.6 Å². The summed E-state index contributed by atoms with van der Waals surface area (Å²) in [5, 5.41) is 8.92. The van der Waals surface area contributed by atoms with Crippen molar-refractivity contribution in [3.63, 3.8) is 0 Å². The van der Waals surface area contributed by atoms with Crippen LogP contribution in [0.2, 0.25) is 0 Å². The van der Waals surface area contributed by atoms with Gasteiger partial charge in [-0.25, -0.2) is 8.78 Å². The van der Waals surface area contributed by atoms with Gasteiger partial charge in [-0.2, -0.15) is 0 Å². The Morgan fingerprint density at radius 2 is 1.69 bits per heavy atom. The highest BCUT2D eigenvalue weighted by molar-refractivity contribution is 5.85. The third kappa shape index (κ3) is 7.47. The van der Waals surface area contributed by atoms with Crippen LogP contribution in [0.25, 0.3) is 16.7 Å². The highest BCUT2D eigenvalue weighted by atomic mass is 19.1. The van der Waals surface area contributed by atoms with Gasteiger partial charge in [0.05, 0.1) is 7.11 Å². The lowest BCUT2D eigenvalue weighted by atomic mass is 9.79. The maximum absolute atomic E-state index is 15.7. The molecule has 0 amide bonds. The van der Waals surface area contributed by atoms with E-state index in [1.807, 2.05) is 12.1 Å².